The molecule has 2 N–H and O–H groups in total. The lowest BCUT2D eigenvalue weighted by Crippen LogP contribution is -2.48. The van der Waals surface area contributed by atoms with E-state index in [1.807, 2.05) is 4.90 Å². The quantitative estimate of drug-likeness (QED) is 0.547. The Morgan fingerprint density at radius 2 is 1.91 bits per heavy atom. The maximum Gasteiger partial charge on any atom is 0.418 e. The molecule has 3 heterocycles. The molecule has 34 heavy (non-hydrogen) atoms. The van der Waals surface area contributed by atoms with E-state index in [1.165, 1.54) is 24.5 Å². The number of amides is 1. The summed E-state index contributed by atoms with van der Waals surface area (Å²) in [7, 11) is 0. The van der Waals surface area contributed by atoms with Gasteiger partial charge in [-0.1, -0.05) is 25.1 Å². The average Bonchev–Trinajstić information content (AvgIpc) is 2.81. The number of hydrogen-bond acceptors (Lipinski definition) is 6. The summed E-state index contributed by atoms with van der Waals surface area (Å²) in [5, 5.41) is 0.669. The predicted molar refractivity (Wildman–Crippen MR) is 126 cm³/mol. The number of nitrogens with two attached hydrogens (primary N) is 1. The van der Waals surface area contributed by atoms with Crippen molar-refractivity contribution in [2.75, 3.05) is 36.8 Å². The van der Waals surface area contributed by atoms with E-state index >= 15 is 0 Å². The first-order chi connectivity index (χ1) is 16.1. The molecule has 1 aliphatic heterocycles. The molecule has 1 aliphatic rings. The summed E-state index contributed by atoms with van der Waals surface area (Å²) < 4.78 is 42.0. The summed E-state index contributed by atoms with van der Waals surface area (Å²) in [5.41, 5.74) is 5.19. The van der Waals surface area contributed by atoms with Crippen LogP contribution in [0.15, 0.2) is 37.2 Å². The van der Waals surface area contributed by atoms with Gasteiger partial charge in [0.1, 0.15) is 18.0 Å². The molecule has 1 aromatic carbocycles. The van der Waals surface area contributed by atoms with Gasteiger partial charge >= 0.3 is 6.18 Å². The van der Waals surface area contributed by atoms with E-state index in [9.17, 15) is 18.0 Å². The molecule has 178 valence electrons. The van der Waals surface area contributed by atoms with Gasteiger partial charge in [-0.25, -0.2) is 15.0 Å². The molecule has 1 amide bonds. The van der Waals surface area contributed by atoms with Gasteiger partial charge in [0, 0.05) is 37.1 Å². The van der Waals surface area contributed by atoms with Crippen LogP contribution >= 0.6 is 11.6 Å². The second-order valence-electron chi connectivity index (χ2n) is 7.84. The Bertz CT molecular complexity index is 1270. The Balaban J connectivity index is 1.80. The highest BCUT2D eigenvalue weighted by Gasteiger charge is 2.38. The lowest BCUT2D eigenvalue weighted by Gasteiger charge is -2.35. The van der Waals surface area contributed by atoms with Crippen LogP contribution in [0, 0.1) is 0 Å². The third-order valence-electron chi connectivity index (χ3n) is 5.81. The monoisotopic (exact) mass is 490 g/mol. The molecule has 0 unspecified atom stereocenters. The Morgan fingerprint density at radius 3 is 2.53 bits per heavy atom. The number of carbonyl (C=O) groups is 1. The second-order valence-corrected chi connectivity index (χ2v) is 8.25. The van der Waals surface area contributed by atoms with Crippen LogP contribution in [0.5, 0.6) is 0 Å². The Morgan fingerprint density at radius 1 is 1.21 bits per heavy atom. The molecule has 3 aromatic rings. The van der Waals surface area contributed by atoms with Crippen LogP contribution in [0.3, 0.4) is 0 Å². The minimum atomic E-state index is -4.64. The fraction of sp³-hybridized carbons (Fsp3) is 0.304. The number of halogens is 4. The fourth-order valence-corrected chi connectivity index (χ4v) is 4.43. The highest BCUT2D eigenvalue weighted by atomic mass is 35.5. The van der Waals surface area contributed by atoms with Gasteiger partial charge in [-0.2, -0.15) is 13.2 Å². The summed E-state index contributed by atoms with van der Waals surface area (Å²) >= 11 is 6.52. The summed E-state index contributed by atoms with van der Waals surface area (Å²) in [6.45, 7) is 7.17. The molecule has 1 fully saturated rings. The van der Waals surface area contributed by atoms with Gasteiger partial charge in [0.05, 0.1) is 21.8 Å². The van der Waals surface area contributed by atoms with Crippen LogP contribution in [-0.4, -0.2) is 51.9 Å². The van der Waals surface area contributed by atoms with Crippen molar-refractivity contribution in [3.8, 4) is 11.3 Å². The Kier molecular flexibility index (Phi) is 6.35. The van der Waals surface area contributed by atoms with Crippen molar-refractivity contribution in [3.05, 3.63) is 53.3 Å². The van der Waals surface area contributed by atoms with Gasteiger partial charge in [0.25, 0.3) is 0 Å². The first-order valence-corrected chi connectivity index (χ1v) is 11.0. The van der Waals surface area contributed by atoms with Crippen LogP contribution < -0.4 is 10.6 Å². The molecule has 2 aromatic heterocycles. The van der Waals surface area contributed by atoms with E-state index in [4.69, 9.17) is 17.3 Å². The zero-order valence-corrected chi connectivity index (χ0v) is 19.1. The molecule has 0 radical (unpaired) electrons. The van der Waals surface area contributed by atoms with Gasteiger partial charge in [-0.05, 0) is 36.3 Å². The van der Waals surface area contributed by atoms with Crippen molar-refractivity contribution in [2.24, 2.45) is 0 Å². The van der Waals surface area contributed by atoms with Crippen LogP contribution in [0.4, 0.5) is 24.8 Å². The van der Waals surface area contributed by atoms with Crippen molar-refractivity contribution in [2.45, 2.75) is 19.5 Å². The number of alkyl halides is 3. The molecule has 4 rings (SSSR count). The third kappa shape index (κ3) is 4.37. The van der Waals surface area contributed by atoms with E-state index in [2.05, 4.69) is 21.5 Å². The molecule has 0 bridgehead atoms. The van der Waals surface area contributed by atoms with Gasteiger partial charge in [0.2, 0.25) is 5.91 Å². The van der Waals surface area contributed by atoms with Crippen molar-refractivity contribution in [1.29, 1.82) is 0 Å². The number of aromatic nitrogens is 3. The lowest BCUT2D eigenvalue weighted by molar-refractivity contribution is -0.137. The van der Waals surface area contributed by atoms with E-state index < -0.39 is 11.7 Å². The van der Waals surface area contributed by atoms with Gasteiger partial charge in [-0.15, -0.1) is 0 Å². The number of hydrogen-bond donors (Lipinski definition) is 1. The normalized spacial score (nSPS) is 14.5. The Hall–Kier alpha value is -3.40. The number of nitrogen functional groups attached to an aromatic ring is 1. The zero-order valence-electron chi connectivity index (χ0n) is 18.4. The highest BCUT2D eigenvalue weighted by Crippen LogP contribution is 2.43. The summed E-state index contributed by atoms with van der Waals surface area (Å²) in [6, 6.07) is 4.27. The molecule has 11 heteroatoms. The molecule has 0 aliphatic carbocycles. The van der Waals surface area contributed by atoms with Crippen LogP contribution in [0.25, 0.3) is 22.2 Å². The van der Waals surface area contributed by atoms with Gasteiger partial charge in [-0.3, -0.25) is 4.79 Å². The molecule has 0 atom stereocenters. The van der Waals surface area contributed by atoms with E-state index in [0.717, 1.165) is 0 Å². The first kappa shape index (κ1) is 23.7. The fourth-order valence-electron chi connectivity index (χ4n) is 4.17. The minimum Gasteiger partial charge on any atom is -0.384 e. The molecular weight excluding hydrogens is 469 g/mol. The smallest absolute Gasteiger partial charge is 0.384 e. The largest absolute Gasteiger partial charge is 0.418 e. The van der Waals surface area contributed by atoms with Crippen LogP contribution in [-0.2, 0) is 17.4 Å². The van der Waals surface area contributed by atoms with Gasteiger partial charge in [0.15, 0.2) is 0 Å². The van der Waals surface area contributed by atoms with Crippen molar-refractivity contribution < 1.29 is 18.0 Å². The first-order valence-electron chi connectivity index (χ1n) is 10.6. The number of aryl methyl sites for hydroxylation is 1. The molecule has 1 saturated heterocycles. The second kappa shape index (κ2) is 9.09. The lowest BCUT2D eigenvalue weighted by atomic mass is 9.97. The maximum atomic E-state index is 14.0. The number of fused-ring (bicyclic) bond motifs is 1. The number of nitrogens with zero attached hydrogens (tertiary/aromatic N) is 5. The highest BCUT2D eigenvalue weighted by molar-refractivity contribution is 6.34. The van der Waals surface area contributed by atoms with Crippen molar-refractivity contribution in [3.63, 3.8) is 0 Å². The number of pyridine rings is 1. The molecule has 7 nitrogen and oxygen atoms in total. The number of piperazine rings is 1. The average molecular weight is 491 g/mol. The predicted octanol–water partition coefficient (Wildman–Crippen LogP) is 4.34. The SMILES string of the molecule is C=CC(=O)N1CCN(c2ncnc3cc(-c4nc(N)cc(CC)c4C(F)(F)F)c(Cl)cc23)CC1. The number of carbonyl (C=O) groups excluding carboxylic acids is 1. The van der Waals surface area contributed by atoms with Crippen molar-refractivity contribution in [1.82, 2.24) is 19.9 Å². The number of benzene rings is 1. The summed E-state index contributed by atoms with van der Waals surface area (Å²) in [4.78, 5) is 28.2. The summed E-state index contributed by atoms with van der Waals surface area (Å²) in [5.74, 6) is 0.433. The molecular formula is C23H22ClF3N6O. The van der Waals surface area contributed by atoms with E-state index in [-0.39, 0.29) is 40.0 Å². The van der Waals surface area contributed by atoms with Gasteiger partial charge < -0.3 is 15.5 Å². The van der Waals surface area contributed by atoms with Crippen LogP contribution in [0.2, 0.25) is 5.02 Å². The van der Waals surface area contributed by atoms with E-state index in [0.29, 0.717) is 42.9 Å². The molecule has 0 saturated carbocycles. The third-order valence-corrected chi connectivity index (χ3v) is 6.12. The van der Waals surface area contributed by atoms with E-state index in [1.54, 1.807) is 17.9 Å². The minimum absolute atomic E-state index is 0.0219. The van der Waals surface area contributed by atoms with Crippen molar-refractivity contribution >= 4 is 40.0 Å². The summed E-state index contributed by atoms with van der Waals surface area (Å²) in [6.07, 6.45) is -1.88. The maximum absolute atomic E-state index is 14.0. The van der Waals surface area contributed by atoms with Crippen LogP contribution in [0.1, 0.15) is 18.1 Å². The Labute approximate surface area is 199 Å². The number of anilines is 2. The number of rotatable bonds is 4. The topological polar surface area (TPSA) is 88.2 Å². The standard InChI is InChI=1S/C23H22ClF3N6O/c1-3-13-9-18(28)31-21(20(13)23(25,26)27)14-11-17-15(10-16(14)24)22(30-12-29-17)33-7-5-32(6-8-33)19(34)4-2/h4,9-12H,2-3,5-8H2,1H3,(H2,28,31). The zero-order chi connectivity index (χ0) is 24.6. The molecule has 0 spiro atoms.